The van der Waals surface area contributed by atoms with Crippen molar-refractivity contribution in [2.45, 2.75) is 51.6 Å². The van der Waals surface area contributed by atoms with Crippen LogP contribution < -0.4 is 9.62 Å². The second-order valence-corrected chi connectivity index (χ2v) is 12.7. The van der Waals surface area contributed by atoms with Crippen molar-refractivity contribution in [1.82, 2.24) is 10.2 Å². The SMILES string of the molecule is CCCCNC(=O)[C@H](Cc1ccccc1)N(Cc1ccc(Cl)cc1)C(=O)CCCN(c1cccc(Cl)c1)S(C)(=O)=O. The molecule has 1 atom stereocenters. The van der Waals surface area contributed by atoms with Gasteiger partial charge in [-0.15, -0.1) is 0 Å². The highest BCUT2D eigenvalue weighted by Crippen LogP contribution is 2.23. The van der Waals surface area contributed by atoms with Gasteiger partial charge in [-0.05, 0) is 54.3 Å². The number of sulfonamides is 1. The fourth-order valence-electron chi connectivity index (χ4n) is 4.48. The van der Waals surface area contributed by atoms with E-state index in [1.54, 1.807) is 41.3 Å². The van der Waals surface area contributed by atoms with Gasteiger partial charge in [0, 0.05) is 42.5 Å². The molecular weight excluding hydrogens is 581 g/mol. The zero-order chi connectivity index (χ0) is 29.8. The lowest BCUT2D eigenvalue weighted by atomic mass is 10.0. The van der Waals surface area contributed by atoms with Crippen LogP contribution in [0.4, 0.5) is 5.69 Å². The standard InChI is InChI=1S/C31H37Cl2N3O4S/c1-3-4-19-34-31(38)29(21-24-10-6-5-7-11-24)35(23-25-15-17-26(32)18-16-25)30(37)14-9-20-36(41(2,39)40)28-13-8-12-27(33)22-28/h5-8,10-13,15-18,22,29H,3-4,9,14,19-21,23H2,1-2H3,(H,34,38)/t29-/m0/s1. The van der Waals surface area contributed by atoms with Crippen molar-refractivity contribution in [3.8, 4) is 0 Å². The average Bonchev–Trinajstić information content (AvgIpc) is 2.94. The van der Waals surface area contributed by atoms with E-state index < -0.39 is 16.1 Å². The van der Waals surface area contributed by atoms with Gasteiger partial charge in [0.25, 0.3) is 0 Å². The highest BCUT2D eigenvalue weighted by molar-refractivity contribution is 7.92. The Kier molecular flexibility index (Phi) is 12.5. The van der Waals surface area contributed by atoms with Crippen molar-refractivity contribution >= 4 is 50.7 Å². The van der Waals surface area contributed by atoms with Gasteiger partial charge in [-0.2, -0.15) is 0 Å². The van der Waals surface area contributed by atoms with Gasteiger partial charge in [-0.1, -0.05) is 85.1 Å². The van der Waals surface area contributed by atoms with Crippen LogP contribution in [0.5, 0.6) is 0 Å². The first kappa shape index (κ1) is 32.4. The summed E-state index contributed by atoms with van der Waals surface area (Å²) in [6, 6.07) is 22.6. The highest BCUT2D eigenvalue weighted by atomic mass is 35.5. The predicted molar refractivity (Wildman–Crippen MR) is 167 cm³/mol. The van der Waals surface area contributed by atoms with Crippen LogP contribution in [0.15, 0.2) is 78.9 Å². The lowest BCUT2D eigenvalue weighted by Gasteiger charge is -2.32. The number of carbonyl (C=O) groups excluding carboxylic acids is 2. The summed E-state index contributed by atoms with van der Waals surface area (Å²) in [5.74, 6) is -0.465. The quantitative estimate of drug-likeness (QED) is 0.209. The zero-order valence-electron chi connectivity index (χ0n) is 23.4. The van der Waals surface area contributed by atoms with Crippen LogP contribution in [0.25, 0.3) is 0 Å². The molecule has 0 aliphatic rings. The number of anilines is 1. The van der Waals surface area contributed by atoms with E-state index in [1.807, 2.05) is 49.4 Å². The Balaban J connectivity index is 1.86. The summed E-state index contributed by atoms with van der Waals surface area (Å²) in [6.45, 7) is 2.87. The Morgan fingerprint density at radius 3 is 2.22 bits per heavy atom. The number of nitrogens with one attached hydrogen (secondary N) is 1. The van der Waals surface area contributed by atoms with Crippen molar-refractivity contribution in [2.75, 3.05) is 23.7 Å². The van der Waals surface area contributed by atoms with Crippen molar-refractivity contribution < 1.29 is 18.0 Å². The van der Waals surface area contributed by atoms with Crippen LogP contribution in [-0.4, -0.2) is 50.5 Å². The van der Waals surface area contributed by atoms with E-state index in [1.165, 1.54) is 4.31 Å². The fraction of sp³-hybridized carbons (Fsp3) is 0.355. The van der Waals surface area contributed by atoms with Gasteiger partial charge in [-0.3, -0.25) is 13.9 Å². The zero-order valence-corrected chi connectivity index (χ0v) is 25.8. The second-order valence-electron chi connectivity index (χ2n) is 9.92. The number of unbranched alkanes of at least 4 members (excludes halogenated alkanes) is 1. The van der Waals surface area contributed by atoms with Crippen LogP contribution in [0.3, 0.4) is 0 Å². The number of rotatable bonds is 15. The molecule has 41 heavy (non-hydrogen) atoms. The topological polar surface area (TPSA) is 86.8 Å². The van der Waals surface area contributed by atoms with E-state index >= 15 is 0 Å². The van der Waals surface area contributed by atoms with Gasteiger partial charge in [0.1, 0.15) is 6.04 Å². The molecule has 0 unspecified atom stereocenters. The van der Waals surface area contributed by atoms with E-state index in [0.717, 1.165) is 30.2 Å². The summed E-state index contributed by atoms with van der Waals surface area (Å²) in [4.78, 5) is 28.9. The minimum atomic E-state index is -3.62. The summed E-state index contributed by atoms with van der Waals surface area (Å²) in [5.41, 5.74) is 2.20. The molecule has 7 nitrogen and oxygen atoms in total. The molecule has 0 saturated heterocycles. The van der Waals surface area contributed by atoms with E-state index in [4.69, 9.17) is 23.2 Å². The molecule has 0 spiro atoms. The first-order valence-electron chi connectivity index (χ1n) is 13.7. The van der Waals surface area contributed by atoms with Crippen molar-refractivity contribution in [2.24, 2.45) is 0 Å². The Morgan fingerprint density at radius 2 is 1.59 bits per heavy atom. The number of nitrogens with zero attached hydrogens (tertiary/aromatic N) is 2. The Bertz CT molecular complexity index is 1390. The minimum absolute atomic E-state index is 0.0493. The van der Waals surface area contributed by atoms with Crippen LogP contribution in [0.1, 0.15) is 43.7 Å². The number of benzene rings is 3. The van der Waals surface area contributed by atoms with E-state index in [2.05, 4.69) is 5.32 Å². The number of hydrogen-bond acceptors (Lipinski definition) is 4. The smallest absolute Gasteiger partial charge is 0.243 e. The molecule has 3 rings (SSSR count). The van der Waals surface area contributed by atoms with Crippen molar-refractivity contribution in [1.29, 1.82) is 0 Å². The molecule has 0 aliphatic heterocycles. The summed E-state index contributed by atoms with van der Waals surface area (Å²) >= 11 is 12.2. The Hall–Kier alpha value is -3.07. The third kappa shape index (κ3) is 10.4. The Morgan fingerprint density at radius 1 is 0.878 bits per heavy atom. The van der Waals surface area contributed by atoms with Gasteiger partial charge >= 0.3 is 0 Å². The maximum atomic E-state index is 13.8. The molecule has 3 aromatic rings. The first-order chi connectivity index (χ1) is 19.6. The summed E-state index contributed by atoms with van der Waals surface area (Å²) in [5, 5.41) is 3.99. The molecule has 0 radical (unpaired) electrons. The van der Waals surface area contributed by atoms with Gasteiger partial charge in [-0.25, -0.2) is 8.42 Å². The van der Waals surface area contributed by atoms with Crippen LogP contribution in [0.2, 0.25) is 10.0 Å². The van der Waals surface area contributed by atoms with Gasteiger partial charge in [0.2, 0.25) is 21.8 Å². The van der Waals surface area contributed by atoms with Crippen LogP contribution in [-0.2, 0) is 32.6 Å². The lowest BCUT2D eigenvalue weighted by molar-refractivity contribution is -0.141. The molecule has 3 aromatic carbocycles. The number of carbonyl (C=O) groups is 2. The third-order valence-corrected chi connectivity index (χ3v) is 8.30. The van der Waals surface area contributed by atoms with E-state index in [-0.39, 0.29) is 37.7 Å². The second kappa shape index (κ2) is 15.8. The third-order valence-electron chi connectivity index (χ3n) is 6.62. The molecule has 0 bridgehead atoms. The number of hydrogen-bond donors (Lipinski definition) is 1. The molecule has 1 N–H and O–H groups in total. The maximum absolute atomic E-state index is 13.8. The molecule has 0 aromatic heterocycles. The fourth-order valence-corrected chi connectivity index (χ4v) is 5.75. The normalized spacial score (nSPS) is 12.0. The molecule has 0 fully saturated rings. The van der Waals surface area contributed by atoms with Crippen LogP contribution in [0, 0.1) is 0 Å². The minimum Gasteiger partial charge on any atom is -0.354 e. The van der Waals surface area contributed by atoms with Crippen LogP contribution >= 0.6 is 23.2 Å². The largest absolute Gasteiger partial charge is 0.354 e. The average molecular weight is 619 g/mol. The molecule has 220 valence electrons. The predicted octanol–water partition coefficient (Wildman–Crippen LogP) is 6.10. The number of halogens is 2. The molecule has 10 heteroatoms. The highest BCUT2D eigenvalue weighted by Gasteiger charge is 2.30. The van der Waals surface area contributed by atoms with E-state index in [0.29, 0.717) is 28.7 Å². The summed E-state index contributed by atoms with van der Waals surface area (Å²) in [7, 11) is -3.62. The molecule has 0 aliphatic carbocycles. The molecule has 0 saturated carbocycles. The van der Waals surface area contributed by atoms with Crippen molar-refractivity contribution in [3.63, 3.8) is 0 Å². The monoisotopic (exact) mass is 617 g/mol. The first-order valence-corrected chi connectivity index (χ1v) is 16.3. The van der Waals surface area contributed by atoms with Gasteiger partial charge in [0.05, 0.1) is 11.9 Å². The van der Waals surface area contributed by atoms with Crippen molar-refractivity contribution in [3.05, 3.63) is 100 Å². The summed E-state index contributed by atoms with van der Waals surface area (Å²) in [6.07, 6.45) is 3.54. The maximum Gasteiger partial charge on any atom is 0.243 e. The molecule has 2 amide bonds. The van der Waals surface area contributed by atoms with Gasteiger partial charge < -0.3 is 10.2 Å². The lowest BCUT2D eigenvalue weighted by Crippen LogP contribution is -2.50. The Labute approximate surface area is 253 Å². The number of amides is 2. The summed E-state index contributed by atoms with van der Waals surface area (Å²) < 4.78 is 26.4. The molecular formula is C31H37Cl2N3O4S. The van der Waals surface area contributed by atoms with Gasteiger partial charge in [0.15, 0.2) is 0 Å². The molecule has 0 heterocycles. The van der Waals surface area contributed by atoms with E-state index in [9.17, 15) is 18.0 Å².